The van der Waals surface area contributed by atoms with Crippen molar-refractivity contribution in [3.8, 4) is 11.8 Å². The van der Waals surface area contributed by atoms with Crippen LogP contribution in [0.3, 0.4) is 0 Å². The van der Waals surface area contributed by atoms with Crippen molar-refractivity contribution in [1.82, 2.24) is 0 Å². The molecule has 21 heavy (non-hydrogen) atoms. The molecule has 0 unspecified atom stereocenters. The second-order valence-electron chi connectivity index (χ2n) is 4.53. The van der Waals surface area contributed by atoms with E-state index in [4.69, 9.17) is 5.73 Å². The van der Waals surface area contributed by atoms with Gasteiger partial charge in [0.1, 0.15) is 0 Å². The van der Waals surface area contributed by atoms with Gasteiger partial charge in [-0.25, -0.2) is 0 Å². The van der Waals surface area contributed by atoms with E-state index in [0.717, 1.165) is 24.1 Å². The lowest BCUT2D eigenvalue weighted by molar-refractivity contribution is -0.116. The normalized spacial score (nSPS) is 9.76. The van der Waals surface area contributed by atoms with Crippen molar-refractivity contribution in [2.45, 2.75) is 19.3 Å². The second kappa shape index (κ2) is 8.25. The van der Waals surface area contributed by atoms with Crippen LogP contribution in [-0.2, 0) is 11.2 Å². The predicted octanol–water partition coefficient (Wildman–Crippen LogP) is 3.02. The molecule has 0 bridgehead atoms. The highest BCUT2D eigenvalue weighted by atomic mass is 32.1. The maximum absolute atomic E-state index is 12.0. The molecule has 2 rings (SSSR count). The molecule has 1 aromatic carbocycles. The Morgan fingerprint density at radius 3 is 2.86 bits per heavy atom. The summed E-state index contributed by atoms with van der Waals surface area (Å²) in [5.41, 5.74) is 6.93. The van der Waals surface area contributed by atoms with Gasteiger partial charge >= 0.3 is 0 Å². The number of thiophene rings is 1. The molecule has 0 fully saturated rings. The summed E-state index contributed by atoms with van der Waals surface area (Å²) in [5, 5.41) is 4.98. The summed E-state index contributed by atoms with van der Waals surface area (Å²) in [6, 6.07) is 11.6. The number of carbonyl (C=O) groups is 1. The summed E-state index contributed by atoms with van der Waals surface area (Å²) in [6.45, 7) is 0.309. The third-order valence-electron chi connectivity index (χ3n) is 2.93. The van der Waals surface area contributed by atoms with Crippen molar-refractivity contribution in [3.05, 3.63) is 52.2 Å². The van der Waals surface area contributed by atoms with E-state index >= 15 is 0 Å². The zero-order chi connectivity index (χ0) is 14.9. The summed E-state index contributed by atoms with van der Waals surface area (Å²) in [4.78, 5) is 13.3. The van der Waals surface area contributed by atoms with Gasteiger partial charge in [0, 0.05) is 16.9 Å². The van der Waals surface area contributed by atoms with E-state index in [2.05, 4.69) is 28.6 Å². The van der Waals surface area contributed by atoms with Crippen molar-refractivity contribution >= 4 is 22.9 Å². The Labute approximate surface area is 129 Å². The van der Waals surface area contributed by atoms with Crippen LogP contribution in [0.25, 0.3) is 0 Å². The van der Waals surface area contributed by atoms with Crippen LogP contribution in [0.4, 0.5) is 5.69 Å². The lowest BCUT2D eigenvalue weighted by Gasteiger charge is -2.07. The van der Waals surface area contributed by atoms with Crippen molar-refractivity contribution in [2.24, 2.45) is 5.73 Å². The molecule has 1 aromatic heterocycles. The number of aryl methyl sites for hydroxylation is 1. The van der Waals surface area contributed by atoms with E-state index in [1.54, 1.807) is 11.3 Å². The molecular weight excluding hydrogens is 280 g/mol. The monoisotopic (exact) mass is 298 g/mol. The lowest BCUT2D eigenvalue weighted by Crippen LogP contribution is -2.12. The van der Waals surface area contributed by atoms with Crippen LogP contribution in [0.1, 0.15) is 23.3 Å². The van der Waals surface area contributed by atoms with Crippen LogP contribution in [0.2, 0.25) is 0 Å². The first-order chi connectivity index (χ1) is 10.3. The molecule has 2 aromatic rings. The maximum Gasteiger partial charge on any atom is 0.224 e. The molecule has 0 spiro atoms. The SMILES string of the molecule is NCC#Cc1ccccc1NC(=O)CCCc1cccs1. The average molecular weight is 298 g/mol. The number of hydrogen-bond donors (Lipinski definition) is 2. The molecule has 3 N–H and O–H groups in total. The van der Waals surface area contributed by atoms with Crippen molar-refractivity contribution in [3.63, 3.8) is 0 Å². The van der Waals surface area contributed by atoms with E-state index in [-0.39, 0.29) is 5.91 Å². The van der Waals surface area contributed by atoms with Gasteiger partial charge in [0.15, 0.2) is 0 Å². The standard InChI is InChI=1S/C17H18N2OS/c18-12-4-7-14-6-1-2-10-16(14)19-17(20)11-3-8-15-9-5-13-21-15/h1-2,5-6,9-10,13H,3,8,11-12,18H2,(H,19,20). The Balaban J connectivity index is 1.87. The van der Waals surface area contributed by atoms with Gasteiger partial charge in [0.2, 0.25) is 5.91 Å². The summed E-state index contributed by atoms with van der Waals surface area (Å²) in [6.07, 6.45) is 2.30. The number of rotatable bonds is 5. The van der Waals surface area contributed by atoms with Gasteiger partial charge in [-0.3, -0.25) is 4.79 Å². The number of nitrogens with two attached hydrogens (primary N) is 1. The first-order valence-corrected chi connectivity index (χ1v) is 7.78. The van der Waals surface area contributed by atoms with Gasteiger partial charge in [-0.05, 0) is 36.4 Å². The number of anilines is 1. The molecule has 0 saturated heterocycles. The largest absolute Gasteiger partial charge is 0.325 e. The highest BCUT2D eigenvalue weighted by molar-refractivity contribution is 7.09. The van der Waals surface area contributed by atoms with Gasteiger partial charge in [0.05, 0.1) is 12.2 Å². The average Bonchev–Trinajstić information content (AvgIpc) is 2.99. The molecule has 1 amide bonds. The molecule has 0 aliphatic rings. The Morgan fingerprint density at radius 2 is 2.10 bits per heavy atom. The minimum atomic E-state index is 0.0218. The van der Waals surface area contributed by atoms with E-state index in [1.165, 1.54) is 4.88 Å². The highest BCUT2D eigenvalue weighted by Crippen LogP contribution is 2.15. The van der Waals surface area contributed by atoms with Gasteiger partial charge in [-0.1, -0.05) is 30.0 Å². The number of nitrogens with one attached hydrogen (secondary N) is 1. The Bertz CT molecular complexity index is 638. The molecule has 3 nitrogen and oxygen atoms in total. The zero-order valence-corrected chi connectivity index (χ0v) is 12.6. The first kappa shape index (κ1) is 15.3. The highest BCUT2D eigenvalue weighted by Gasteiger charge is 2.05. The summed E-state index contributed by atoms with van der Waals surface area (Å²) in [7, 11) is 0. The zero-order valence-electron chi connectivity index (χ0n) is 11.8. The van der Waals surface area contributed by atoms with Crippen molar-refractivity contribution < 1.29 is 4.79 Å². The number of carbonyl (C=O) groups excluding carboxylic acids is 1. The fourth-order valence-electron chi connectivity index (χ4n) is 1.94. The van der Waals surface area contributed by atoms with Crippen LogP contribution in [0.15, 0.2) is 41.8 Å². The lowest BCUT2D eigenvalue weighted by atomic mass is 10.1. The maximum atomic E-state index is 12.0. The van der Waals surface area contributed by atoms with Crippen LogP contribution in [0.5, 0.6) is 0 Å². The van der Waals surface area contributed by atoms with E-state index < -0.39 is 0 Å². The molecule has 0 radical (unpaired) electrons. The molecule has 0 atom stereocenters. The van der Waals surface area contributed by atoms with Crippen LogP contribution >= 0.6 is 11.3 Å². The number of amides is 1. The third kappa shape index (κ3) is 5.07. The summed E-state index contributed by atoms with van der Waals surface area (Å²) >= 11 is 1.73. The Morgan fingerprint density at radius 1 is 1.24 bits per heavy atom. The fourth-order valence-corrected chi connectivity index (χ4v) is 2.69. The number of hydrogen-bond acceptors (Lipinski definition) is 3. The quantitative estimate of drug-likeness (QED) is 0.834. The van der Waals surface area contributed by atoms with E-state index in [9.17, 15) is 4.79 Å². The van der Waals surface area contributed by atoms with Gasteiger partial charge < -0.3 is 11.1 Å². The molecule has 108 valence electrons. The molecular formula is C17H18N2OS. The summed E-state index contributed by atoms with van der Waals surface area (Å²) < 4.78 is 0. The number of para-hydroxylation sites is 1. The van der Waals surface area contributed by atoms with E-state index in [0.29, 0.717) is 13.0 Å². The van der Waals surface area contributed by atoms with Crippen LogP contribution in [0, 0.1) is 11.8 Å². The Hall–Kier alpha value is -2.09. The van der Waals surface area contributed by atoms with Crippen molar-refractivity contribution in [1.29, 1.82) is 0 Å². The molecule has 0 saturated carbocycles. The smallest absolute Gasteiger partial charge is 0.224 e. The molecule has 1 heterocycles. The fraction of sp³-hybridized carbons (Fsp3) is 0.235. The Kier molecular flexibility index (Phi) is 6.01. The van der Waals surface area contributed by atoms with Crippen molar-refractivity contribution in [2.75, 3.05) is 11.9 Å². The molecule has 4 heteroatoms. The second-order valence-corrected chi connectivity index (χ2v) is 5.56. The van der Waals surface area contributed by atoms with Crippen LogP contribution < -0.4 is 11.1 Å². The first-order valence-electron chi connectivity index (χ1n) is 6.90. The molecule has 0 aliphatic heterocycles. The summed E-state index contributed by atoms with van der Waals surface area (Å²) in [5.74, 6) is 5.80. The minimum Gasteiger partial charge on any atom is -0.325 e. The van der Waals surface area contributed by atoms with Gasteiger partial charge in [0.25, 0.3) is 0 Å². The molecule has 0 aliphatic carbocycles. The predicted molar refractivity (Wildman–Crippen MR) is 88.3 cm³/mol. The third-order valence-corrected chi connectivity index (χ3v) is 3.87. The van der Waals surface area contributed by atoms with Gasteiger partial charge in [-0.2, -0.15) is 0 Å². The number of benzene rings is 1. The van der Waals surface area contributed by atoms with Crippen LogP contribution in [-0.4, -0.2) is 12.5 Å². The van der Waals surface area contributed by atoms with Gasteiger partial charge in [-0.15, -0.1) is 11.3 Å². The topological polar surface area (TPSA) is 55.1 Å². The van der Waals surface area contributed by atoms with E-state index in [1.807, 2.05) is 30.3 Å². The minimum absolute atomic E-state index is 0.0218.